The summed E-state index contributed by atoms with van der Waals surface area (Å²) in [4.78, 5) is 17.6. The van der Waals surface area contributed by atoms with E-state index >= 15 is 0 Å². The lowest BCUT2D eigenvalue weighted by Gasteiger charge is -2.11. The molecule has 0 radical (unpaired) electrons. The highest BCUT2D eigenvalue weighted by molar-refractivity contribution is 5.82. The van der Waals surface area contributed by atoms with Gasteiger partial charge in [-0.2, -0.15) is 23.4 Å². The summed E-state index contributed by atoms with van der Waals surface area (Å²) in [5.74, 6) is -1.57. The standard InChI is InChI=1S/C26H24FN7.C2HF3O2/c1-3-14-33-26(19-4-6-21(27)7-5-19)24(16-30-33)20-12-13-28-25(15-20)31-22-8-10-23(11-9-22)34-17-29-18(2)32-34;3-2(4,5)1(6)7/h4-13,15-17H,3,14H2,1-2H3,(H,28,31);(H,6,7). The molecule has 5 aromatic rings. The van der Waals surface area contributed by atoms with Crippen LogP contribution < -0.4 is 5.32 Å². The number of carboxylic acids is 1. The van der Waals surface area contributed by atoms with E-state index in [1.807, 2.05) is 54.2 Å². The minimum absolute atomic E-state index is 0.257. The first-order valence-corrected chi connectivity index (χ1v) is 12.4. The molecule has 0 unspecified atom stereocenters. The third-order valence-corrected chi connectivity index (χ3v) is 5.72. The molecule has 0 bridgehead atoms. The number of alkyl halides is 3. The molecule has 0 fully saturated rings. The van der Waals surface area contributed by atoms with Gasteiger partial charge < -0.3 is 10.4 Å². The summed E-state index contributed by atoms with van der Waals surface area (Å²) in [6.07, 6.45) is 1.20. The summed E-state index contributed by atoms with van der Waals surface area (Å²) >= 11 is 0. The topological polar surface area (TPSA) is 111 Å². The number of nitrogens with zero attached hydrogens (tertiary/aromatic N) is 6. The summed E-state index contributed by atoms with van der Waals surface area (Å²) in [7, 11) is 0. The second kappa shape index (κ2) is 12.4. The van der Waals surface area contributed by atoms with Gasteiger partial charge in [0.05, 0.1) is 17.6 Å². The Labute approximate surface area is 232 Å². The molecule has 212 valence electrons. The third kappa shape index (κ3) is 7.32. The van der Waals surface area contributed by atoms with Crippen LogP contribution in [0.2, 0.25) is 0 Å². The molecule has 2 aromatic carbocycles. The van der Waals surface area contributed by atoms with Gasteiger partial charge in [-0.05, 0) is 79.6 Å². The first-order chi connectivity index (χ1) is 19.5. The number of halogens is 4. The van der Waals surface area contributed by atoms with Crippen LogP contribution in [0.25, 0.3) is 28.1 Å². The fraction of sp³-hybridized carbons (Fsp3) is 0.179. The fourth-order valence-electron chi connectivity index (χ4n) is 3.87. The Bertz CT molecular complexity index is 1610. The highest BCUT2D eigenvalue weighted by Gasteiger charge is 2.38. The summed E-state index contributed by atoms with van der Waals surface area (Å²) < 4.78 is 49.0. The van der Waals surface area contributed by atoms with Gasteiger partial charge in [-0.1, -0.05) is 6.92 Å². The number of carbonyl (C=O) groups is 1. The van der Waals surface area contributed by atoms with Crippen LogP contribution in [0.5, 0.6) is 0 Å². The maximum atomic E-state index is 13.5. The quantitative estimate of drug-likeness (QED) is 0.218. The minimum Gasteiger partial charge on any atom is -0.475 e. The second-order valence-corrected chi connectivity index (χ2v) is 8.78. The molecular formula is C28H25F4N7O2. The molecular weight excluding hydrogens is 542 g/mol. The maximum Gasteiger partial charge on any atom is 0.490 e. The largest absolute Gasteiger partial charge is 0.490 e. The lowest BCUT2D eigenvalue weighted by molar-refractivity contribution is -0.192. The van der Waals surface area contributed by atoms with Crippen LogP contribution in [-0.4, -0.2) is 46.8 Å². The predicted molar refractivity (Wildman–Crippen MR) is 144 cm³/mol. The number of aliphatic carboxylic acids is 1. The smallest absolute Gasteiger partial charge is 0.475 e. The van der Waals surface area contributed by atoms with E-state index in [9.17, 15) is 17.6 Å². The zero-order valence-corrected chi connectivity index (χ0v) is 22.0. The van der Waals surface area contributed by atoms with Gasteiger partial charge in [-0.15, -0.1) is 0 Å². The van der Waals surface area contributed by atoms with Crippen molar-refractivity contribution in [2.45, 2.75) is 33.0 Å². The zero-order chi connectivity index (χ0) is 29.6. The van der Waals surface area contributed by atoms with Crippen LogP contribution in [0.1, 0.15) is 19.2 Å². The lowest BCUT2D eigenvalue weighted by Crippen LogP contribution is -2.21. The van der Waals surface area contributed by atoms with Crippen molar-refractivity contribution in [2.24, 2.45) is 0 Å². The molecule has 9 nitrogen and oxygen atoms in total. The van der Waals surface area contributed by atoms with Gasteiger partial charge in [0.15, 0.2) is 0 Å². The Morgan fingerprint density at radius 2 is 1.68 bits per heavy atom. The zero-order valence-electron chi connectivity index (χ0n) is 22.0. The number of anilines is 2. The average molecular weight is 568 g/mol. The molecule has 5 rings (SSSR count). The number of benzene rings is 2. The number of nitrogens with one attached hydrogen (secondary N) is 1. The molecule has 0 spiro atoms. The molecule has 2 N–H and O–H groups in total. The van der Waals surface area contributed by atoms with E-state index in [2.05, 4.69) is 32.4 Å². The van der Waals surface area contributed by atoms with Crippen molar-refractivity contribution < 1.29 is 27.5 Å². The van der Waals surface area contributed by atoms with Gasteiger partial charge in [0.2, 0.25) is 0 Å². The van der Waals surface area contributed by atoms with E-state index in [0.717, 1.165) is 58.4 Å². The van der Waals surface area contributed by atoms with Gasteiger partial charge >= 0.3 is 12.1 Å². The van der Waals surface area contributed by atoms with E-state index in [0.29, 0.717) is 0 Å². The van der Waals surface area contributed by atoms with Crippen molar-refractivity contribution in [3.8, 4) is 28.1 Å². The molecule has 0 aliphatic rings. The maximum absolute atomic E-state index is 13.5. The van der Waals surface area contributed by atoms with Crippen LogP contribution in [0.3, 0.4) is 0 Å². The molecule has 3 aromatic heterocycles. The Balaban J connectivity index is 0.000000493. The third-order valence-electron chi connectivity index (χ3n) is 5.72. The molecule has 0 atom stereocenters. The van der Waals surface area contributed by atoms with Crippen molar-refractivity contribution in [1.82, 2.24) is 29.5 Å². The van der Waals surface area contributed by atoms with Crippen molar-refractivity contribution in [2.75, 3.05) is 5.32 Å². The molecule has 0 saturated heterocycles. The van der Waals surface area contributed by atoms with Crippen LogP contribution in [0.15, 0.2) is 79.4 Å². The highest BCUT2D eigenvalue weighted by Crippen LogP contribution is 2.33. The van der Waals surface area contributed by atoms with E-state index in [-0.39, 0.29) is 5.82 Å². The molecule has 0 amide bonds. The fourth-order valence-corrected chi connectivity index (χ4v) is 3.87. The number of aryl methyl sites for hydroxylation is 2. The monoisotopic (exact) mass is 567 g/mol. The SMILES string of the molecule is CCCn1ncc(-c2ccnc(Nc3ccc(-n4cnc(C)n4)cc3)c2)c1-c1ccc(F)cc1.O=C(O)C(F)(F)F. The van der Waals surface area contributed by atoms with Crippen molar-refractivity contribution in [1.29, 1.82) is 0 Å². The van der Waals surface area contributed by atoms with Crippen molar-refractivity contribution in [3.05, 3.63) is 91.0 Å². The Morgan fingerprint density at radius 1 is 1.00 bits per heavy atom. The number of hydrogen-bond acceptors (Lipinski definition) is 6. The second-order valence-electron chi connectivity index (χ2n) is 8.78. The first-order valence-electron chi connectivity index (χ1n) is 12.4. The van der Waals surface area contributed by atoms with Crippen LogP contribution in [-0.2, 0) is 11.3 Å². The van der Waals surface area contributed by atoms with Gasteiger partial charge in [-0.3, -0.25) is 4.68 Å². The molecule has 41 heavy (non-hydrogen) atoms. The summed E-state index contributed by atoms with van der Waals surface area (Å²) in [5, 5.41) is 19.4. The van der Waals surface area contributed by atoms with Crippen LogP contribution >= 0.6 is 0 Å². The number of aromatic nitrogens is 6. The minimum atomic E-state index is -5.08. The Morgan fingerprint density at radius 3 is 2.27 bits per heavy atom. The summed E-state index contributed by atoms with van der Waals surface area (Å²) in [6, 6.07) is 18.4. The number of carboxylic acid groups (broad SMARTS) is 1. The van der Waals surface area contributed by atoms with E-state index in [4.69, 9.17) is 9.90 Å². The van der Waals surface area contributed by atoms with E-state index in [1.165, 1.54) is 12.1 Å². The van der Waals surface area contributed by atoms with Crippen molar-refractivity contribution in [3.63, 3.8) is 0 Å². The highest BCUT2D eigenvalue weighted by atomic mass is 19.4. The molecule has 0 saturated carbocycles. The molecule has 0 aliphatic heterocycles. The van der Waals surface area contributed by atoms with Gasteiger partial charge in [0, 0.05) is 29.6 Å². The van der Waals surface area contributed by atoms with Crippen LogP contribution in [0, 0.1) is 12.7 Å². The molecule has 0 aliphatic carbocycles. The van der Waals surface area contributed by atoms with Gasteiger partial charge in [0.25, 0.3) is 0 Å². The van der Waals surface area contributed by atoms with Gasteiger partial charge in [-0.25, -0.2) is 23.8 Å². The predicted octanol–water partition coefficient (Wildman–Crippen LogP) is 6.43. The summed E-state index contributed by atoms with van der Waals surface area (Å²) in [5.41, 5.74) is 5.68. The number of pyridine rings is 1. The Kier molecular flexibility index (Phi) is 8.75. The number of rotatable bonds is 7. The number of hydrogen-bond donors (Lipinski definition) is 2. The molecule has 3 heterocycles. The first kappa shape index (κ1) is 28.9. The van der Waals surface area contributed by atoms with E-state index in [1.54, 1.807) is 29.3 Å². The Hall–Kier alpha value is -5.07. The normalized spacial score (nSPS) is 11.1. The summed E-state index contributed by atoms with van der Waals surface area (Å²) in [6.45, 7) is 4.75. The van der Waals surface area contributed by atoms with Crippen LogP contribution in [0.4, 0.5) is 29.1 Å². The molecule has 13 heteroatoms. The van der Waals surface area contributed by atoms with E-state index < -0.39 is 12.1 Å². The lowest BCUT2D eigenvalue weighted by atomic mass is 10.0. The van der Waals surface area contributed by atoms with Crippen molar-refractivity contribution >= 4 is 17.5 Å². The van der Waals surface area contributed by atoms with Gasteiger partial charge in [0.1, 0.15) is 23.8 Å². The average Bonchev–Trinajstić information content (AvgIpc) is 3.56.